The van der Waals surface area contributed by atoms with Crippen molar-refractivity contribution in [2.24, 2.45) is 0 Å². The highest BCUT2D eigenvalue weighted by Crippen LogP contribution is 2.37. The van der Waals surface area contributed by atoms with E-state index in [1.807, 2.05) is 24.3 Å². The first-order valence-corrected chi connectivity index (χ1v) is 10.3. The largest absolute Gasteiger partial charge is 0.384 e. The second-order valence-corrected chi connectivity index (χ2v) is 8.20. The van der Waals surface area contributed by atoms with Gasteiger partial charge in [-0.1, -0.05) is 24.3 Å². The predicted molar refractivity (Wildman–Crippen MR) is 111 cm³/mol. The summed E-state index contributed by atoms with van der Waals surface area (Å²) in [4.78, 5) is 28.6. The molecule has 2 aromatic carbocycles. The zero-order chi connectivity index (χ0) is 20.0. The smallest absolute Gasteiger partial charge is 0.254 e. The van der Waals surface area contributed by atoms with Crippen LogP contribution in [-0.4, -0.2) is 65.0 Å². The van der Waals surface area contributed by atoms with Gasteiger partial charge in [0.15, 0.2) is 0 Å². The number of benzene rings is 2. The molecular weight excluding hydrogens is 366 g/mol. The van der Waals surface area contributed by atoms with Gasteiger partial charge in [0.2, 0.25) is 0 Å². The van der Waals surface area contributed by atoms with Crippen LogP contribution in [0.3, 0.4) is 0 Å². The average molecular weight is 391 g/mol. The molecule has 6 heteroatoms. The molecule has 0 spiro atoms. The summed E-state index contributed by atoms with van der Waals surface area (Å²) in [5.74, 6) is -0.187. The highest BCUT2D eigenvalue weighted by Gasteiger charge is 2.50. The molecule has 2 aromatic rings. The minimum Gasteiger partial charge on any atom is -0.384 e. The minimum atomic E-state index is -1.13. The van der Waals surface area contributed by atoms with Gasteiger partial charge in [-0.2, -0.15) is 0 Å². The maximum atomic E-state index is 12.9. The van der Waals surface area contributed by atoms with Crippen molar-refractivity contribution in [1.82, 2.24) is 9.80 Å². The molecule has 3 aliphatic rings. The first-order chi connectivity index (χ1) is 14.0. The molecule has 29 heavy (non-hydrogen) atoms. The van der Waals surface area contributed by atoms with E-state index in [4.69, 9.17) is 0 Å². The van der Waals surface area contributed by atoms with Gasteiger partial charge < -0.3 is 20.2 Å². The van der Waals surface area contributed by atoms with Gasteiger partial charge in [0.1, 0.15) is 5.60 Å². The number of anilines is 1. The quantitative estimate of drug-likeness (QED) is 0.841. The lowest BCUT2D eigenvalue weighted by Gasteiger charge is -2.35. The van der Waals surface area contributed by atoms with Crippen molar-refractivity contribution < 1.29 is 14.7 Å². The molecular formula is C23H25N3O3. The van der Waals surface area contributed by atoms with Crippen LogP contribution in [0.25, 0.3) is 11.1 Å². The molecule has 1 saturated carbocycles. The summed E-state index contributed by atoms with van der Waals surface area (Å²) in [5, 5.41) is 13.4. The van der Waals surface area contributed by atoms with Crippen LogP contribution in [0.1, 0.15) is 28.8 Å². The van der Waals surface area contributed by atoms with Crippen molar-refractivity contribution in [3.8, 4) is 11.1 Å². The van der Waals surface area contributed by atoms with Gasteiger partial charge in [-0.05, 0) is 54.2 Å². The molecule has 5 rings (SSSR count). The van der Waals surface area contributed by atoms with Crippen LogP contribution in [0.2, 0.25) is 0 Å². The van der Waals surface area contributed by atoms with Crippen LogP contribution in [0, 0.1) is 0 Å². The third kappa shape index (κ3) is 3.27. The monoisotopic (exact) mass is 391 g/mol. The zero-order valence-corrected chi connectivity index (χ0v) is 16.4. The molecule has 0 unspecified atom stereocenters. The van der Waals surface area contributed by atoms with E-state index in [1.54, 1.807) is 9.80 Å². The van der Waals surface area contributed by atoms with Crippen molar-refractivity contribution in [3.63, 3.8) is 0 Å². The molecule has 2 N–H and O–H groups in total. The molecule has 0 bridgehead atoms. The van der Waals surface area contributed by atoms with E-state index in [0.29, 0.717) is 44.6 Å². The highest BCUT2D eigenvalue weighted by molar-refractivity contribution is 5.95. The van der Waals surface area contributed by atoms with Crippen LogP contribution in [0.15, 0.2) is 42.5 Å². The van der Waals surface area contributed by atoms with E-state index in [1.165, 1.54) is 16.8 Å². The van der Waals surface area contributed by atoms with Crippen LogP contribution in [0.5, 0.6) is 0 Å². The first-order valence-electron chi connectivity index (χ1n) is 10.3. The zero-order valence-electron chi connectivity index (χ0n) is 16.4. The Kier molecular flexibility index (Phi) is 4.32. The summed E-state index contributed by atoms with van der Waals surface area (Å²) in [6, 6.07) is 14.1. The number of hydrogen-bond donors (Lipinski definition) is 2. The van der Waals surface area contributed by atoms with Crippen LogP contribution < -0.4 is 5.32 Å². The number of amides is 2. The summed E-state index contributed by atoms with van der Waals surface area (Å²) in [5.41, 5.74) is 4.41. The highest BCUT2D eigenvalue weighted by atomic mass is 16.3. The number of rotatable bonds is 3. The number of nitrogens with one attached hydrogen (secondary N) is 1. The third-order valence-electron chi connectivity index (χ3n) is 6.29. The van der Waals surface area contributed by atoms with Crippen LogP contribution >= 0.6 is 0 Å². The molecule has 0 aromatic heterocycles. The maximum Gasteiger partial charge on any atom is 0.254 e. The normalized spacial score (nSPS) is 19.5. The third-order valence-corrected chi connectivity index (χ3v) is 6.29. The fraction of sp³-hybridized carbons (Fsp3) is 0.391. The van der Waals surface area contributed by atoms with Gasteiger partial charge >= 0.3 is 0 Å². The molecule has 6 nitrogen and oxygen atoms in total. The number of carbonyl (C=O) groups is 2. The standard InChI is InChI=1S/C23H25N3O3/c27-21(25-12-14-26(15-13-25)22(28)23(29)9-10-23)17-6-4-16(5-7-17)18-2-1-3-20-19(18)8-11-24-20/h1-7,24,29H,8-15H2. The molecule has 0 radical (unpaired) electrons. The molecule has 2 aliphatic heterocycles. The Labute approximate surface area is 170 Å². The SMILES string of the molecule is O=C(c1ccc(-c2cccc3c2CCN3)cc1)N1CCN(C(=O)C2(O)CC2)CC1. The van der Waals surface area contributed by atoms with Crippen LogP contribution in [-0.2, 0) is 11.2 Å². The topological polar surface area (TPSA) is 72.9 Å². The van der Waals surface area contributed by atoms with Crippen molar-refractivity contribution in [2.75, 3.05) is 38.0 Å². The Morgan fingerprint density at radius 3 is 2.31 bits per heavy atom. The Bertz CT molecular complexity index is 958. The summed E-state index contributed by atoms with van der Waals surface area (Å²) >= 11 is 0. The van der Waals surface area contributed by atoms with Crippen molar-refractivity contribution in [3.05, 3.63) is 53.6 Å². The van der Waals surface area contributed by atoms with Gasteiger partial charge in [0.05, 0.1) is 0 Å². The summed E-state index contributed by atoms with van der Waals surface area (Å²) in [6.45, 7) is 2.93. The lowest BCUT2D eigenvalue weighted by atomic mass is 9.97. The van der Waals surface area contributed by atoms with Crippen molar-refractivity contribution in [2.45, 2.75) is 24.9 Å². The van der Waals surface area contributed by atoms with E-state index >= 15 is 0 Å². The average Bonchev–Trinajstić information content (AvgIpc) is 3.33. The summed E-state index contributed by atoms with van der Waals surface area (Å²) in [6.07, 6.45) is 2.13. The Hall–Kier alpha value is -2.86. The van der Waals surface area contributed by atoms with E-state index in [9.17, 15) is 14.7 Å². The lowest BCUT2D eigenvalue weighted by molar-refractivity contribution is -0.143. The second kappa shape index (κ2) is 6.88. The maximum absolute atomic E-state index is 12.9. The number of carbonyl (C=O) groups excluding carboxylic acids is 2. The first kappa shape index (κ1) is 18.2. The van der Waals surface area contributed by atoms with Crippen LogP contribution in [0.4, 0.5) is 5.69 Å². The molecule has 2 heterocycles. The molecule has 1 saturated heterocycles. The fourth-order valence-electron chi connectivity index (χ4n) is 4.33. The lowest BCUT2D eigenvalue weighted by Crippen LogP contribution is -2.53. The number of aliphatic hydroxyl groups is 1. The Morgan fingerprint density at radius 2 is 1.62 bits per heavy atom. The van der Waals surface area contributed by atoms with Gasteiger partial charge in [-0.3, -0.25) is 9.59 Å². The molecule has 2 fully saturated rings. The van der Waals surface area contributed by atoms with E-state index in [2.05, 4.69) is 23.5 Å². The van der Waals surface area contributed by atoms with Gasteiger partial charge in [-0.25, -0.2) is 0 Å². The Morgan fingerprint density at radius 1 is 0.931 bits per heavy atom. The number of piperazine rings is 1. The summed E-state index contributed by atoms with van der Waals surface area (Å²) < 4.78 is 0. The second-order valence-electron chi connectivity index (χ2n) is 8.20. The molecule has 0 atom stereocenters. The molecule has 150 valence electrons. The van der Waals surface area contributed by atoms with E-state index in [0.717, 1.165) is 18.5 Å². The summed E-state index contributed by atoms with van der Waals surface area (Å²) in [7, 11) is 0. The fourth-order valence-corrected chi connectivity index (χ4v) is 4.33. The van der Waals surface area contributed by atoms with Gasteiger partial charge in [0.25, 0.3) is 11.8 Å². The van der Waals surface area contributed by atoms with E-state index < -0.39 is 5.60 Å². The van der Waals surface area contributed by atoms with Gasteiger partial charge in [-0.15, -0.1) is 0 Å². The number of nitrogens with zero attached hydrogens (tertiary/aromatic N) is 2. The molecule has 1 aliphatic carbocycles. The van der Waals surface area contributed by atoms with Gasteiger partial charge in [0, 0.05) is 44.0 Å². The predicted octanol–water partition coefficient (Wildman–Crippen LogP) is 2.13. The Balaban J connectivity index is 1.26. The molecule has 2 amide bonds. The number of hydrogen-bond acceptors (Lipinski definition) is 4. The minimum absolute atomic E-state index is 0.00580. The van der Waals surface area contributed by atoms with Crippen molar-refractivity contribution in [1.29, 1.82) is 0 Å². The van der Waals surface area contributed by atoms with Crippen molar-refractivity contribution >= 4 is 17.5 Å². The number of fused-ring (bicyclic) bond motifs is 1. The van der Waals surface area contributed by atoms with E-state index in [-0.39, 0.29) is 11.8 Å².